The highest BCUT2D eigenvalue weighted by Crippen LogP contribution is 2.29. The van der Waals surface area contributed by atoms with Crippen molar-refractivity contribution < 1.29 is 31.2 Å². The van der Waals surface area contributed by atoms with Crippen LogP contribution in [0.5, 0.6) is 0 Å². The Balaban J connectivity index is 0.000000730. The molecule has 2 amide bonds. The molecule has 0 fully saturated rings. The molecule has 4 rings (SSSR count). The van der Waals surface area contributed by atoms with E-state index in [2.05, 4.69) is 36.0 Å². The Morgan fingerprint density at radius 3 is 2.50 bits per heavy atom. The van der Waals surface area contributed by atoms with Crippen LogP contribution >= 0.6 is 11.6 Å². The van der Waals surface area contributed by atoms with E-state index in [1.54, 1.807) is 6.07 Å². The SMILES string of the molecule is CN(C)S(=O)(=O)NCCNC(=O)Nc1ccc2cc1CCc1cccc(c1)Nc1ncc(Cl)c(n1)N2.O=CC(F)(F)F. The lowest BCUT2D eigenvalue weighted by molar-refractivity contribution is -0.156. The molecule has 1 aliphatic rings. The Hall–Kier alpha value is -3.99. The number of anilines is 5. The summed E-state index contributed by atoms with van der Waals surface area (Å²) in [6.45, 7) is 0.192. The van der Waals surface area contributed by atoms with Gasteiger partial charge in [-0.2, -0.15) is 30.9 Å². The molecule has 2 aromatic carbocycles. The Labute approximate surface area is 245 Å². The molecular formula is C25H28ClF3N8O4S. The zero-order valence-electron chi connectivity index (χ0n) is 22.4. The smallest absolute Gasteiger partial charge is 0.339 e. The third-order valence-electron chi connectivity index (χ3n) is 5.54. The van der Waals surface area contributed by atoms with Crippen LogP contribution in [0.25, 0.3) is 0 Å². The first-order valence-corrected chi connectivity index (χ1v) is 14.1. The van der Waals surface area contributed by atoms with Gasteiger partial charge in [-0.05, 0) is 54.3 Å². The molecule has 12 nitrogen and oxygen atoms in total. The van der Waals surface area contributed by atoms with Crippen LogP contribution in [0, 0.1) is 0 Å². The highest BCUT2D eigenvalue weighted by atomic mass is 35.5. The molecule has 0 atom stereocenters. The van der Waals surface area contributed by atoms with Crippen molar-refractivity contribution in [2.45, 2.75) is 19.0 Å². The number of rotatable bonds is 6. The molecule has 0 saturated heterocycles. The topological polar surface area (TPSA) is 157 Å². The predicted octanol–water partition coefficient (Wildman–Crippen LogP) is 3.98. The fraction of sp³-hybridized carbons (Fsp3) is 0.280. The summed E-state index contributed by atoms with van der Waals surface area (Å²) in [5.41, 5.74) is 4.27. The summed E-state index contributed by atoms with van der Waals surface area (Å²) < 4.78 is 58.2. The zero-order chi connectivity index (χ0) is 30.9. The van der Waals surface area contributed by atoms with Gasteiger partial charge in [-0.1, -0.05) is 23.7 Å². The number of carbonyl (C=O) groups excluding carboxylic acids is 2. The molecule has 0 unspecified atom stereocenters. The fourth-order valence-corrected chi connectivity index (χ4v) is 4.27. The Bertz CT molecular complexity index is 1520. The molecule has 1 aromatic heterocycles. The van der Waals surface area contributed by atoms with Gasteiger partial charge in [0, 0.05) is 44.2 Å². The number of urea groups is 1. The van der Waals surface area contributed by atoms with Crippen molar-refractivity contribution >= 4 is 63.0 Å². The number of benzene rings is 2. The monoisotopic (exact) mass is 628 g/mol. The first-order chi connectivity index (χ1) is 19.8. The fourth-order valence-electron chi connectivity index (χ4n) is 3.52. The average molecular weight is 629 g/mol. The number of nitrogens with one attached hydrogen (secondary N) is 5. The molecule has 0 saturated carbocycles. The van der Waals surface area contributed by atoms with Crippen LogP contribution in [-0.2, 0) is 27.8 Å². The summed E-state index contributed by atoms with van der Waals surface area (Å²) in [6, 6.07) is 13.1. The van der Waals surface area contributed by atoms with Gasteiger partial charge < -0.3 is 21.3 Å². The van der Waals surface area contributed by atoms with Gasteiger partial charge in [-0.3, -0.25) is 4.79 Å². The number of amides is 2. The highest BCUT2D eigenvalue weighted by molar-refractivity contribution is 7.87. The summed E-state index contributed by atoms with van der Waals surface area (Å²) in [7, 11) is -0.691. The van der Waals surface area contributed by atoms with Crippen molar-refractivity contribution in [3.05, 3.63) is 64.8 Å². The van der Waals surface area contributed by atoms with Gasteiger partial charge in [0.25, 0.3) is 10.2 Å². The lowest BCUT2D eigenvalue weighted by atomic mass is 10.0. The number of aromatic nitrogens is 2. The maximum atomic E-state index is 12.5. The summed E-state index contributed by atoms with van der Waals surface area (Å²) in [5, 5.41) is 12.3. The molecule has 6 bridgehead atoms. The van der Waals surface area contributed by atoms with Crippen LogP contribution in [0.3, 0.4) is 0 Å². The number of aryl methyl sites for hydroxylation is 2. The van der Waals surface area contributed by atoms with Crippen LogP contribution in [0.4, 0.5) is 46.8 Å². The van der Waals surface area contributed by atoms with Gasteiger partial charge in [-0.25, -0.2) is 14.5 Å². The lowest BCUT2D eigenvalue weighted by Crippen LogP contribution is -2.41. The summed E-state index contributed by atoms with van der Waals surface area (Å²) >= 11 is 6.31. The third kappa shape index (κ3) is 10.1. The van der Waals surface area contributed by atoms with E-state index in [1.807, 2.05) is 36.4 Å². The van der Waals surface area contributed by atoms with Gasteiger partial charge in [0.15, 0.2) is 5.82 Å². The van der Waals surface area contributed by atoms with Gasteiger partial charge >= 0.3 is 12.2 Å². The van der Waals surface area contributed by atoms with Crippen LogP contribution < -0.4 is 26.0 Å². The quantitative estimate of drug-likeness (QED) is 0.203. The van der Waals surface area contributed by atoms with Gasteiger partial charge in [0.1, 0.15) is 5.02 Å². The standard InChI is InChI=1S/C23H27ClN8O3S.C2HF3O/c1-32(2)36(34,35)27-11-10-25-23(33)30-20-9-8-18-13-16(20)7-6-15-4-3-5-17(12-15)29-22-26-14-19(24)21(28-18)31-22;3-2(4,5)1-6/h3-5,8-9,12-14,27H,6-7,10-11H2,1-2H3,(H2,25,30,33)(H2,26,28,29,31);1H. The molecule has 17 heteroatoms. The molecule has 1 aliphatic heterocycles. The highest BCUT2D eigenvalue weighted by Gasteiger charge is 2.25. The Kier molecular flexibility index (Phi) is 11.0. The number of halogens is 4. The molecule has 0 spiro atoms. The minimum absolute atomic E-state index is 0.0652. The van der Waals surface area contributed by atoms with Gasteiger partial charge in [0.05, 0.1) is 6.20 Å². The number of hydrogen-bond donors (Lipinski definition) is 5. The van der Waals surface area contributed by atoms with Gasteiger partial charge in [-0.15, -0.1) is 0 Å². The number of carbonyl (C=O) groups is 2. The van der Waals surface area contributed by atoms with E-state index in [4.69, 9.17) is 16.4 Å². The van der Waals surface area contributed by atoms with E-state index in [9.17, 15) is 26.4 Å². The van der Waals surface area contributed by atoms with Crippen molar-refractivity contribution in [3.8, 4) is 0 Å². The number of nitrogens with zero attached hydrogens (tertiary/aromatic N) is 3. The van der Waals surface area contributed by atoms with Crippen molar-refractivity contribution in [2.24, 2.45) is 0 Å². The molecule has 42 heavy (non-hydrogen) atoms. The molecule has 2 heterocycles. The number of hydrogen-bond acceptors (Lipinski definition) is 8. The number of alkyl halides is 3. The maximum absolute atomic E-state index is 12.5. The molecular weight excluding hydrogens is 601 g/mol. The van der Waals surface area contributed by atoms with E-state index in [0.29, 0.717) is 28.9 Å². The van der Waals surface area contributed by atoms with Crippen LogP contribution in [0.1, 0.15) is 11.1 Å². The largest absolute Gasteiger partial charge is 0.446 e. The normalized spacial score (nSPS) is 12.6. The lowest BCUT2D eigenvalue weighted by Gasteiger charge is -2.15. The molecule has 0 radical (unpaired) electrons. The second kappa shape index (κ2) is 14.3. The zero-order valence-corrected chi connectivity index (χ0v) is 24.0. The van der Waals surface area contributed by atoms with Crippen molar-refractivity contribution in [1.82, 2.24) is 24.3 Å². The Morgan fingerprint density at radius 1 is 1.10 bits per heavy atom. The van der Waals surface area contributed by atoms with Crippen LogP contribution in [-0.4, -0.2) is 68.4 Å². The first-order valence-electron chi connectivity index (χ1n) is 12.3. The molecule has 3 aromatic rings. The van der Waals surface area contributed by atoms with E-state index in [-0.39, 0.29) is 13.1 Å². The maximum Gasteiger partial charge on any atom is 0.446 e. The number of fused-ring (bicyclic) bond motifs is 6. The van der Waals surface area contributed by atoms with Crippen molar-refractivity contribution in [3.63, 3.8) is 0 Å². The minimum Gasteiger partial charge on any atom is -0.339 e. The average Bonchev–Trinajstić information content (AvgIpc) is 2.93. The van der Waals surface area contributed by atoms with E-state index in [0.717, 1.165) is 33.2 Å². The number of aldehydes is 1. The minimum atomic E-state index is -4.64. The van der Waals surface area contributed by atoms with Crippen molar-refractivity contribution in [1.29, 1.82) is 0 Å². The van der Waals surface area contributed by atoms with Gasteiger partial charge in [0.2, 0.25) is 12.2 Å². The van der Waals surface area contributed by atoms with E-state index < -0.39 is 28.7 Å². The van der Waals surface area contributed by atoms with Crippen molar-refractivity contribution in [2.75, 3.05) is 43.1 Å². The second-order valence-electron chi connectivity index (χ2n) is 8.93. The van der Waals surface area contributed by atoms with Crippen LogP contribution in [0.15, 0.2) is 48.7 Å². The summed E-state index contributed by atoms with van der Waals surface area (Å²) in [4.78, 5) is 29.9. The van der Waals surface area contributed by atoms with Crippen LogP contribution in [0.2, 0.25) is 5.02 Å². The second-order valence-corrected chi connectivity index (χ2v) is 11.3. The van der Waals surface area contributed by atoms with E-state index >= 15 is 0 Å². The molecule has 5 N–H and O–H groups in total. The Morgan fingerprint density at radius 2 is 1.81 bits per heavy atom. The molecule has 0 aliphatic carbocycles. The summed E-state index contributed by atoms with van der Waals surface area (Å²) in [5.74, 6) is 0.871. The first kappa shape index (κ1) is 32.5. The third-order valence-corrected chi connectivity index (χ3v) is 7.34. The van der Waals surface area contributed by atoms with E-state index in [1.165, 1.54) is 20.3 Å². The molecule has 226 valence electrons. The summed E-state index contributed by atoms with van der Waals surface area (Å²) in [6.07, 6.45) is -2.77. The predicted molar refractivity (Wildman–Crippen MR) is 154 cm³/mol.